The van der Waals surface area contributed by atoms with Crippen molar-refractivity contribution < 1.29 is 4.42 Å². The Kier molecular flexibility index (Phi) is 3.01. The molecule has 0 spiro atoms. The lowest BCUT2D eigenvalue weighted by atomic mass is 10.1. The molecule has 1 aromatic heterocycles. The lowest BCUT2D eigenvalue weighted by molar-refractivity contribution is 0.475. The van der Waals surface area contributed by atoms with Crippen molar-refractivity contribution in [3.05, 3.63) is 35.1 Å². The SMILES string of the molecule is CCC[C@@H](N)c1cc2cc(C)c(C)cc2o1. The van der Waals surface area contributed by atoms with Crippen LogP contribution in [0.2, 0.25) is 0 Å². The van der Waals surface area contributed by atoms with Gasteiger partial charge in [-0.15, -0.1) is 0 Å². The van der Waals surface area contributed by atoms with Crippen LogP contribution in [0.5, 0.6) is 0 Å². The Morgan fingerprint density at radius 1 is 1.19 bits per heavy atom. The molecule has 1 atom stereocenters. The second-order valence-electron chi connectivity index (χ2n) is 4.52. The Hall–Kier alpha value is -1.28. The van der Waals surface area contributed by atoms with E-state index in [4.69, 9.17) is 10.2 Å². The topological polar surface area (TPSA) is 39.2 Å². The van der Waals surface area contributed by atoms with Gasteiger partial charge in [-0.1, -0.05) is 13.3 Å². The van der Waals surface area contributed by atoms with Crippen LogP contribution in [0.3, 0.4) is 0 Å². The molecule has 0 aliphatic rings. The number of furan rings is 1. The summed E-state index contributed by atoms with van der Waals surface area (Å²) in [6.07, 6.45) is 2.05. The molecule has 86 valence electrons. The average molecular weight is 217 g/mol. The maximum Gasteiger partial charge on any atom is 0.134 e. The van der Waals surface area contributed by atoms with Crippen LogP contribution in [0.1, 0.15) is 42.7 Å². The fourth-order valence-electron chi connectivity index (χ4n) is 1.96. The molecule has 2 aromatic rings. The van der Waals surface area contributed by atoms with Gasteiger partial charge in [0.15, 0.2) is 0 Å². The molecule has 0 aliphatic heterocycles. The van der Waals surface area contributed by atoms with E-state index in [-0.39, 0.29) is 6.04 Å². The van der Waals surface area contributed by atoms with Gasteiger partial charge in [0.1, 0.15) is 11.3 Å². The third-order valence-corrected chi connectivity index (χ3v) is 3.12. The number of rotatable bonds is 3. The van der Waals surface area contributed by atoms with Crippen LogP contribution < -0.4 is 5.73 Å². The van der Waals surface area contributed by atoms with Crippen molar-refractivity contribution in [2.45, 2.75) is 39.7 Å². The number of hydrogen-bond donors (Lipinski definition) is 1. The molecule has 0 fully saturated rings. The summed E-state index contributed by atoms with van der Waals surface area (Å²) in [4.78, 5) is 0. The quantitative estimate of drug-likeness (QED) is 0.848. The third kappa shape index (κ3) is 1.98. The van der Waals surface area contributed by atoms with E-state index in [9.17, 15) is 0 Å². The van der Waals surface area contributed by atoms with Crippen molar-refractivity contribution in [3.63, 3.8) is 0 Å². The van der Waals surface area contributed by atoms with E-state index in [1.807, 2.05) is 0 Å². The van der Waals surface area contributed by atoms with E-state index in [2.05, 4.69) is 39.0 Å². The van der Waals surface area contributed by atoms with E-state index in [1.165, 1.54) is 11.1 Å². The van der Waals surface area contributed by atoms with Gasteiger partial charge in [-0.2, -0.15) is 0 Å². The van der Waals surface area contributed by atoms with E-state index in [0.717, 1.165) is 29.6 Å². The summed E-state index contributed by atoms with van der Waals surface area (Å²) >= 11 is 0. The van der Waals surface area contributed by atoms with Crippen LogP contribution in [-0.2, 0) is 0 Å². The molecular weight excluding hydrogens is 198 g/mol. The second kappa shape index (κ2) is 4.30. The molecule has 2 rings (SSSR count). The van der Waals surface area contributed by atoms with Gasteiger partial charge < -0.3 is 10.2 Å². The first-order chi connectivity index (χ1) is 7.61. The van der Waals surface area contributed by atoms with Crippen molar-refractivity contribution in [2.75, 3.05) is 0 Å². The number of hydrogen-bond acceptors (Lipinski definition) is 2. The van der Waals surface area contributed by atoms with Gasteiger partial charge in [0, 0.05) is 5.39 Å². The zero-order valence-corrected chi connectivity index (χ0v) is 10.2. The van der Waals surface area contributed by atoms with E-state index in [0.29, 0.717) is 0 Å². The normalized spacial score (nSPS) is 13.2. The van der Waals surface area contributed by atoms with Crippen LogP contribution in [0.15, 0.2) is 22.6 Å². The van der Waals surface area contributed by atoms with Crippen LogP contribution in [0, 0.1) is 13.8 Å². The highest BCUT2D eigenvalue weighted by Gasteiger charge is 2.11. The largest absolute Gasteiger partial charge is 0.459 e. The van der Waals surface area contributed by atoms with Crippen molar-refractivity contribution in [1.82, 2.24) is 0 Å². The van der Waals surface area contributed by atoms with Gasteiger partial charge in [0.2, 0.25) is 0 Å². The minimum Gasteiger partial charge on any atom is -0.459 e. The molecule has 2 heteroatoms. The summed E-state index contributed by atoms with van der Waals surface area (Å²) in [6, 6.07) is 6.35. The molecule has 2 nitrogen and oxygen atoms in total. The third-order valence-electron chi connectivity index (χ3n) is 3.12. The molecule has 0 bridgehead atoms. The Bertz CT molecular complexity index is 460. The lowest BCUT2D eigenvalue weighted by Gasteiger charge is -2.04. The standard InChI is InChI=1S/C14H19NO/c1-4-5-12(15)14-8-11-6-9(2)10(3)7-13(11)16-14/h6-8,12H,4-5,15H2,1-3H3/t12-/m1/s1. The summed E-state index contributed by atoms with van der Waals surface area (Å²) in [5.41, 5.74) is 9.56. The van der Waals surface area contributed by atoms with Gasteiger partial charge in [-0.3, -0.25) is 0 Å². The Balaban J connectivity index is 2.43. The van der Waals surface area contributed by atoms with E-state index in [1.54, 1.807) is 0 Å². The summed E-state index contributed by atoms with van der Waals surface area (Å²) in [5, 5.41) is 1.16. The number of benzene rings is 1. The fraction of sp³-hybridized carbons (Fsp3) is 0.429. The minimum absolute atomic E-state index is 0.0259. The number of aryl methyl sites for hydroxylation is 2. The molecule has 1 aromatic carbocycles. The van der Waals surface area contributed by atoms with Crippen molar-refractivity contribution >= 4 is 11.0 Å². The Morgan fingerprint density at radius 2 is 1.88 bits per heavy atom. The zero-order chi connectivity index (χ0) is 11.7. The van der Waals surface area contributed by atoms with Gasteiger partial charge in [-0.05, 0) is 49.6 Å². The molecule has 0 saturated carbocycles. The molecule has 16 heavy (non-hydrogen) atoms. The summed E-state index contributed by atoms with van der Waals surface area (Å²) in [7, 11) is 0. The fourth-order valence-corrected chi connectivity index (χ4v) is 1.96. The number of fused-ring (bicyclic) bond motifs is 1. The highest BCUT2D eigenvalue weighted by Crippen LogP contribution is 2.27. The van der Waals surface area contributed by atoms with E-state index < -0.39 is 0 Å². The first-order valence-corrected chi connectivity index (χ1v) is 5.88. The van der Waals surface area contributed by atoms with Gasteiger partial charge in [-0.25, -0.2) is 0 Å². The number of nitrogens with two attached hydrogens (primary N) is 1. The molecule has 0 saturated heterocycles. The van der Waals surface area contributed by atoms with Gasteiger partial charge in [0.25, 0.3) is 0 Å². The molecule has 0 radical (unpaired) electrons. The maximum atomic E-state index is 6.05. The summed E-state index contributed by atoms with van der Waals surface area (Å²) in [6.45, 7) is 6.35. The smallest absolute Gasteiger partial charge is 0.134 e. The van der Waals surface area contributed by atoms with Crippen LogP contribution in [0.25, 0.3) is 11.0 Å². The monoisotopic (exact) mass is 217 g/mol. The predicted octanol–water partition coefficient (Wildman–Crippen LogP) is 3.85. The zero-order valence-electron chi connectivity index (χ0n) is 10.2. The molecule has 0 aliphatic carbocycles. The second-order valence-corrected chi connectivity index (χ2v) is 4.52. The average Bonchev–Trinajstić information content (AvgIpc) is 2.62. The van der Waals surface area contributed by atoms with Crippen molar-refractivity contribution in [3.8, 4) is 0 Å². The molecule has 2 N–H and O–H groups in total. The molecule has 0 amide bonds. The van der Waals surface area contributed by atoms with Crippen molar-refractivity contribution in [1.29, 1.82) is 0 Å². The van der Waals surface area contributed by atoms with E-state index >= 15 is 0 Å². The van der Waals surface area contributed by atoms with Crippen molar-refractivity contribution in [2.24, 2.45) is 5.73 Å². The maximum absolute atomic E-state index is 6.05. The Morgan fingerprint density at radius 3 is 2.56 bits per heavy atom. The van der Waals surface area contributed by atoms with Crippen LogP contribution >= 0.6 is 0 Å². The minimum atomic E-state index is 0.0259. The summed E-state index contributed by atoms with van der Waals surface area (Å²) in [5.74, 6) is 0.904. The predicted molar refractivity (Wildman–Crippen MR) is 67.5 cm³/mol. The first-order valence-electron chi connectivity index (χ1n) is 5.88. The van der Waals surface area contributed by atoms with Crippen LogP contribution in [-0.4, -0.2) is 0 Å². The van der Waals surface area contributed by atoms with Gasteiger partial charge in [0.05, 0.1) is 6.04 Å². The highest BCUT2D eigenvalue weighted by molar-refractivity contribution is 5.79. The Labute approximate surface area is 96.4 Å². The van der Waals surface area contributed by atoms with Crippen LogP contribution in [0.4, 0.5) is 0 Å². The highest BCUT2D eigenvalue weighted by atomic mass is 16.3. The summed E-state index contributed by atoms with van der Waals surface area (Å²) < 4.78 is 5.79. The molecule has 1 heterocycles. The lowest BCUT2D eigenvalue weighted by Crippen LogP contribution is -2.08. The van der Waals surface area contributed by atoms with Gasteiger partial charge >= 0.3 is 0 Å². The molecular formula is C14H19NO. The first kappa shape index (κ1) is 11.2. The molecule has 0 unspecified atom stereocenters.